The Hall–Kier alpha value is -3.15. The Morgan fingerprint density at radius 2 is 2.16 bits per heavy atom. The number of nitrogens with zero attached hydrogens (tertiary/aromatic N) is 2. The summed E-state index contributed by atoms with van der Waals surface area (Å²) < 4.78 is 11.6. The number of amides is 1. The first kappa shape index (κ1) is 22.1. The molecule has 1 saturated heterocycles. The highest BCUT2D eigenvalue weighted by Crippen LogP contribution is 2.33. The summed E-state index contributed by atoms with van der Waals surface area (Å²) in [5.74, 6) is 0.554. The third-order valence-electron chi connectivity index (χ3n) is 6.08. The van der Waals surface area contributed by atoms with Crippen LogP contribution in [0.3, 0.4) is 0 Å². The first-order valence-electron chi connectivity index (χ1n) is 11.5. The van der Waals surface area contributed by atoms with E-state index in [2.05, 4.69) is 11.9 Å². The molecule has 1 aromatic carbocycles. The van der Waals surface area contributed by atoms with Crippen molar-refractivity contribution < 1.29 is 13.9 Å². The second-order valence-corrected chi connectivity index (χ2v) is 8.50. The van der Waals surface area contributed by atoms with E-state index in [1.54, 1.807) is 12.3 Å². The quantitative estimate of drug-likeness (QED) is 0.491. The fourth-order valence-corrected chi connectivity index (χ4v) is 4.52. The van der Waals surface area contributed by atoms with Crippen LogP contribution in [0, 0.1) is 6.92 Å². The van der Waals surface area contributed by atoms with E-state index in [-0.39, 0.29) is 24.2 Å². The Morgan fingerprint density at radius 1 is 1.28 bits per heavy atom. The number of pyridine rings is 1. The van der Waals surface area contributed by atoms with Crippen LogP contribution >= 0.6 is 0 Å². The molecule has 0 radical (unpaired) electrons. The van der Waals surface area contributed by atoms with E-state index in [4.69, 9.17) is 9.15 Å². The Balaban J connectivity index is 1.59. The molecular weight excluding hydrogens is 404 g/mol. The molecule has 0 aliphatic carbocycles. The van der Waals surface area contributed by atoms with Crippen LogP contribution in [0.4, 0.5) is 0 Å². The van der Waals surface area contributed by atoms with Gasteiger partial charge < -0.3 is 14.1 Å². The van der Waals surface area contributed by atoms with Crippen molar-refractivity contribution >= 4 is 16.9 Å². The predicted molar refractivity (Wildman–Crippen MR) is 124 cm³/mol. The molecule has 1 fully saturated rings. The molecule has 0 bridgehead atoms. The van der Waals surface area contributed by atoms with Crippen molar-refractivity contribution in [1.82, 2.24) is 9.88 Å². The average molecular weight is 435 g/mol. The minimum absolute atomic E-state index is 0.0286. The highest BCUT2D eigenvalue weighted by molar-refractivity contribution is 5.88. The second-order valence-electron chi connectivity index (χ2n) is 8.50. The van der Waals surface area contributed by atoms with Gasteiger partial charge >= 0.3 is 5.63 Å². The van der Waals surface area contributed by atoms with E-state index in [1.165, 1.54) is 0 Å². The molecule has 2 aromatic heterocycles. The van der Waals surface area contributed by atoms with E-state index in [1.807, 2.05) is 42.3 Å². The summed E-state index contributed by atoms with van der Waals surface area (Å²) in [6.45, 7) is 4.70. The van der Waals surface area contributed by atoms with Gasteiger partial charge in [0.05, 0.1) is 11.4 Å². The standard InChI is InChI=1S/C26H30N2O4/c1-3-4-8-19-15-25(30)32-23-14-18(2)13-22(26(19)23)31-17-24(29)28-12-6-5-10-21(28)20-9-7-11-27-16-20/h7,9,11,13-16,21H,3-6,8,10,12,17H2,1-2H3. The van der Waals surface area contributed by atoms with Crippen molar-refractivity contribution in [3.8, 4) is 5.75 Å². The summed E-state index contributed by atoms with van der Waals surface area (Å²) in [7, 11) is 0. The largest absolute Gasteiger partial charge is 0.483 e. The predicted octanol–water partition coefficient (Wildman–Crippen LogP) is 4.97. The molecular formula is C26H30N2O4. The molecule has 0 N–H and O–H groups in total. The zero-order valence-corrected chi connectivity index (χ0v) is 18.8. The van der Waals surface area contributed by atoms with Crippen LogP contribution in [-0.4, -0.2) is 28.9 Å². The van der Waals surface area contributed by atoms with Gasteiger partial charge in [-0.3, -0.25) is 9.78 Å². The molecule has 32 heavy (non-hydrogen) atoms. The third-order valence-corrected chi connectivity index (χ3v) is 6.08. The number of carbonyl (C=O) groups excluding carboxylic acids is 1. The first-order valence-corrected chi connectivity index (χ1v) is 11.5. The maximum Gasteiger partial charge on any atom is 0.336 e. The molecule has 0 spiro atoms. The molecule has 1 unspecified atom stereocenters. The first-order chi connectivity index (χ1) is 15.6. The lowest BCUT2D eigenvalue weighted by Crippen LogP contribution is -2.41. The van der Waals surface area contributed by atoms with E-state index >= 15 is 0 Å². The highest BCUT2D eigenvalue weighted by Gasteiger charge is 2.28. The topological polar surface area (TPSA) is 72.6 Å². The zero-order valence-electron chi connectivity index (χ0n) is 18.8. The van der Waals surface area contributed by atoms with Crippen LogP contribution in [0.15, 0.2) is 51.9 Å². The second kappa shape index (κ2) is 9.98. The molecule has 6 nitrogen and oxygen atoms in total. The summed E-state index contributed by atoms with van der Waals surface area (Å²) in [6, 6.07) is 9.28. The van der Waals surface area contributed by atoms with E-state index in [0.29, 0.717) is 17.9 Å². The summed E-state index contributed by atoms with van der Waals surface area (Å²) in [4.78, 5) is 31.4. The molecule has 3 heterocycles. The number of likely N-dealkylation sites (tertiary alicyclic amines) is 1. The van der Waals surface area contributed by atoms with E-state index in [0.717, 1.165) is 60.6 Å². The van der Waals surface area contributed by atoms with Gasteiger partial charge in [0.1, 0.15) is 11.3 Å². The molecule has 3 aromatic rings. The smallest absolute Gasteiger partial charge is 0.336 e. The molecule has 6 heteroatoms. The minimum Gasteiger partial charge on any atom is -0.483 e. The van der Waals surface area contributed by atoms with Crippen molar-refractivity contribution in [3.05, 3.63) is 69.8 Å². The molecule has 0 saturated carbocycles. The Bertz CT molecular complexity index is 1140. The minimum atomic E-state index is -0.358. The number of carbonyl (C=O) groups is 1. The van der Waals surface area contributed by atoms with Crippen LogP contribution < -0.4 is 10.4 Å². The lowest BCUT2D eigenvalue weighted by Gasteiger charge is -2.35. The van der Waals surface area contributed by atoms with Crippen molar-refractivity contribution in [2.24, 2.45) is 0 Å². The van der Waals surface area contributed by atoms with Gasteiger partial charge in [0.25, 0.3) is 5.91 Å². The SMILES string of the molecule is CCCCc1cc(=O)oc2cc(C)cc(OCC(=O)N3CCCCC3c3cccnc3)c12. The number of aromatic nitrogens is 1. The van der Waals surface area contributed by atoms with Crippen LogP contribution in [0.25, 0.3) is 11.0 Å². The summed E-state index contributed by atoms with van der Waals surface area (Å²) in [6.07, 6.45) is 9.34. The molecule has 168 valence electrons. The number of benzene rings is 1. The number of hydrogen-bond acceptors (Lipinski definition) is 5. The molecule has 1 amide bonds. The van der Waals surface area contributed by atoms with Gasteiger partial charge in [-0.2, -0.15) is 0 Å². The Morgan fingerprint density at radius 3 is 2.94 bits per heavy atom. The lowest BCUT2D eigenvalue weighted by molar-refractivity contribution is -0.137. The summed E-state index contributed by atoms with van der Waals surface area (Å²) in [5, 5.41) is 0.791. The average Bonchev–Trinajstić information content (AvgIpc) is 2.80. The number of aryl methyl sites for hydroxylation is 2. The van der Waals surface area contributed by atoms with Gasteiger partial charge in [0.2, 0.25) is 0 Å². The Labute approximate surface area is 188 Å². The van der Waals surface area contributed by atoms with Crippen LogP contribution in [0.5, 0.6) is 5.75 Å². The molecule has 1 aliphatic rings. The lowest BCUT2D eigenvalue weighted by atomic mass is 9.96. The maximum atomic E-state index is 13.2. The van der Waals surface area contributed by atoms with Crippen LogP contribution in [-0.2, 0) is 11.2 Å². The van der Waals surface area contributed by atoms with Crippen molar-refractivity contribution in [2.45, 2.75) is 58.4 Å². The molecule has 1 aliphatic heterocycles. The van der Waals surface area contributed by atoms with Gasteiger partial charge in [-0.15, -0.1) is 0 Å². The third kappa shape index (κ3) is 4.85. The zero-order chi connectivity index (χ0) is 22.5. The van der Waals surface area contributed by atoms with Gasteiger partial charge in [0, 0.05) is 25.0 Å². The highest BCUT2D eigenvalue weighted by atomic mass is 16.5. The monoisotopic (exact) mass is 434 g/mol. The van der Waals surface area contributed by atoms with Gasteiger partial charge in [-0.1, -0.05) is 19.4 Å². The summed E-state index contributed by atoms with van der Waals surface area (Å²) in [5.41, 5.74) is 3.04. The van der Waals surface area contributed by atoms with Gasteiger partial charge in [0.15, 0.2) is 6.61 Å². The number of rotatable bonds is 7. The fourth-order valence-electron chi connectivity index (χ4n) is 4.52. The van der Waals surface area contributed by atoms with E-state index < -0.39 is 0 Å². The summed E-state index contributed by atoms with van der Waals surface area (Å²) >= 11 is 0. The van der Waals surface area contributed by atoms with Gasteiger partial charge in [-0.25, -0.2) is 4.79 Å². The number of unbranched alkanes of at least 4 members (excludes halogenated alkanes) is 1. The van der Waals surface area contributed by atoms with Crippen molar-refractivity contribution in [2.75, 3.05) is 13.2 Å². The van der Waals surface area contributed by atoms with Crippen molar-refractivity contribution in [1.29, 1.82) is 0 Å². The van der Waals surface area contributed by atoms with Gasteiger partial charge in [-0.05, 0) is 73.9 Å². The number of ether oxygens (including phenoxy) is 1. The van der Waals surface area contributed by atoms with E-state index in [9.17, 15) is 9.59 Å². The maximum absolute atomic E-state index is 13.2. The number of fused-ring (bicyclic) bond motifs is 1. The molecule has 4 rings (SSSR count). The Kier molecular flexibility index (Phi) is 6.88. The van der Waals surface area contributed by atoms with Crippen LogP contribution in [0.1, 0.15) is 61.8 Å². The number of piperidine rings is 1. The molecule has 1 atom stereocenters. The number of hydrogen-bond donors (Lipinski definition) is 0. The fraction of sp³-hybridized carbons (Fsp3) is 0.423. The van der Waals surface area contributed by atoms with Crippen molar-refractivity contribution in [3.63, 3.8) is 0 Å². The van der Waals surface area contributed by atoms with Crippen LogP contribution in [0.2, 0.25) is 0 Å². The normalized spacial score (nSPS) is 16.3.